The van der Waals surface area contributed by atoms with Gasteiger partial charge in [0.25, 0.3) is 5.91 Å². The molecule has 2 fully saturated rings. The van der Waals surface area contributed by atoms with Crippen LogP contribution >= 0.6 is 0 Å². The molecule has 1 aromatic carbocycles. The van der Waals surface area contributed by atoms with E-state index in [1.54, 1.807) is 24.3 Å². The molecule has 0 aromatic heterocycles. The molecular formula is C17H24N2O3S. The van der Waals surface area contributed by atoms with Crippen LogP contribution < -0.4 is 5.32 Å². The Bertz CT molecular complexity index is 687. The summed E-state index contributed by atoms with van der Waals surface area (Å²) >= 11 is 0. The molecule has 0 radical (unpaired) electrons. The second-order valence-electron chi connectivity index (χ2n) is 6.49. The molecule has 2 bridgehead atoms. The molecular weight excluding hydrogens is 312 g/mol. The number of benzene rings is 1. The van der Waals surface area contributed by atoms with Gasteiger partial charge in [-0.05, 0) is 37.8 Å². The Morgan fingerprint density at radius 1 is 1.22 bits per heavy atom. The van der Waals surface area contributed by atoms with Gasteiger partial charge in [0.1, 0.15) is 0 Å². The fourth-order valence-electron chi connectivity index (χ4n) is 3.59. The third-order valence-electron chi connectivity index (χ3n) is 4.74. The van der Waals surface area contributed by atoms with Crippen LogP contribution in [0.3, 0.4) is 0 Å². The average molecular weight is 336 g/mol. The minimum atomic E-state index is -3.41. The zero-order chi connectivity index (χ0) is 16.4. The van der Waals surface area contributed by atoms with Crippen molar-refractivity contribution in [3.8, 4) is 0 Å². The predicted molar refractivity (Wildman–Crippen MR) is 89.3 cm³/mol. The van der Waals surface area contributed by atoms with Gasteiger partial charge in [0.05, 0.1) is 16.2 Å². The summed E-state index contributed by atoms with van der Waals surface area (Å²) in [6, 6.07) is 7.45. The molecule has 1 N–H and O–H groups in total. The molecule has 5 nitrogen and oxygen atoms in total. The number of nitrogens with zero attached hydrogens (tertiary/aromatic N) is 1. The lowest BCUT2D eigenvalue weighted by atomic mass is 10.1. The minimum absolute atomic E-state index is 0.0730. The zero-order valence-electron chi connectivity index (χ0n) is 13.5. The predicted octanol–water partition coefficient (Wildman–Crippen LogP) is 1.84. The van der Waals surface area contributed by atoms with Gasteiger partial charge >= 0.3 is 0 Å². The molecule has 1 amide bonds. The fourth-order valence-corrected chi connectivity index (χ4v) is 5.12. The van der Waals surface area contributed by atoms with Crippen molar-refractivity contribution in [2.24, 2.45) is 0 Å². The summed E-state index contributed by atoms with van der Waals surface area (Å²) in [6.45, 7) is 3.19. The third-order valence-corrected chi connectivity index (χ3v) is 6.71. The van der Waals surface area contributed by atoms with Crippen LogP contribution in [0.5, 0.6) is 0 Å². The topological polar surface area (TPSA) is 66.5 Å². The SMILES string of the molecule is CCCS(=O)(=O)c1ccccc1C(=O)N1CCC2CCC(C1)N2. The summed E-state index contributed by atoms with van der Waals surface area (Å²) in [7, 11) is -3.41. The van der Waals surface area contributed by atoms with Gasteiger partial charge in [0, 0.05) is 25.2 Å². The summed E-state index contributed by atoms with van der Waals surface area (Å²) in [5.74, 6) is -0.0848. The van der Waals surface area contributed by atoms with Gasteiger partial charge in [0.15, 0.2) is 9.84 Å². The minimum Gasteiger partial charge on any atom is -0.337 e. The van der Waals surface area contributed by atoms with Crippen molar-refractivity contribution in [1.82, 2.24) is 10.2 Å². The van der Waals surface area contributed by atoms with Gasteiger partial charge in [-0.1, -0.05) is 19.1 Å². The number of carbonyl (C=O) groups is 1. The van der Waals surface area contributed by atoms with E-state index in [1.807, 2.05) is 11.8 Å². The highest BCUT2D eigenvalue weighted by Crippen LogP contribution is 2.24. The molecule has 2 unspecified atom stereocenters. The molecule has 23 heavy (non-hydrogen) atoms. The molecule has 1 aromatic rings. The first-order chi connectivity index (χ1) is 11.0. The number of likely N-dealkylation sites (tertiary alicyclic amines) is 1. The number of hydrogen-bond donors (Lipinski definition) is 1. The van der Waals surface area contributed by atoms with Crippen LogP contribution in [0.2, 0.25) is 0 Å². The highest BCUT2D eigenvalue weighted by Gasteiger charge is 2.33. The van der Waals surface area contributed by atoms with E-state index < -0.39 is 9.84 Å². The number of hydrogen-bond acceptors (Lipinski definition) is 4. The second kappa shape index (κ2) is 6.61. The number of amides is 1. The maximum absolute atomic E-state index is 12.9. The lowest BCUT2D eigenvalue weighted by molar-refractivity contribution is 0.0744. The van der Waals surface area contributed by atoms with E-state index in [4.69, 9.17) is 0 Å². The van der Waals surface area contributed by atoms with Crippen molar-refractivity contribution in [2.75, 3.05) is 18.8 Å². The molecule has 0 saturated carbocycles. The van der Waals surface area contributed by atoms with E-state index in [-0.39, 0.29) is 16.6 Å². The van der Waals surface area contributed by atoms with Crippen molar-refractivity contribution in [2.45, 2.75) is 49.6 Å². The average Bonchev–Trinajstić information content (AvgIpc) is 2.86. The van der Waals surface area contributed by atoms with Crippen molar-refractivity contribution < 1.29 is 13.2 Å². The first-order valence-electron chi connectivity index (χ1n) is 8.38. The first kappa shape index (κ1) is 16.5. The molecule has 2 aliphatic rings. The third kappa shape index (κ3) is 3.43. The van der Waals surface area contributed by atoms with Crippen LogP contribution in [0.15, 0.2) is 29.2 Å². The van der Waals surface area contributed by atoms with Crippen molar-refractivity contribution in [3.05, 3.63) is 29.8 Å². The summed E-state index contributed by atoms with van der Waals surface area (Å²) < 4.78 is 24.9. The van der Waals surface area contributed by atoms with E-state index in [2.05, 4.69) is 5.32 Å². The van der Waals surface area contributed by atoms with Crippen molar-refractivity contribution in [3.63, 3.8) is 0 Å². The van der Waals surface area contributed by atoms with Gasteiger partial charge in [-0.3, -0.25) is 4.79 Å². The van der Waals surface area contributed by atoms with E-state index in [0.29, 0.717) is 37.2 Å². The van der Waals surface area contributed by atoms with E-state index >= 15 is 0 Å². The van der Waals surface area contributed by atoms with Gasteiger partial charge in [0.2, 0.25) is 0 Å². The quantitative estimate of drug-likeness (QED) is 0.911. The lowest BCUT2D eigenvalue weighted by Gasteiger charge is -2.25. The van der Waals surface area contributed by atoms with E-state index in [9.17, 15) is 13.2 Å². The summed E-state index contributed by atoms with van der Waals surface area (Å²) in [5.41, 5.74) is 0.318. The first-order valence-corrected chi connectivity index (χ1v) is 10.0. The van der Waals surface area contributed by atoms with Crippen molar-refractivity contribution >= 4 is 15.7 Å². The molecule has 126 valence electrons. The Labute approximate surface area is 138 Å². The molecule has 0 aliphatic carbocycles. The van der Waals surface area contributed by atoms with Crippen LogP contribution in [0.4, 0.5) is 0 Å². The molecule has 0 spiro atoms. The lowest BCUT2D eigenvalue weighted by Crippen LogP contribution is -2.39. The maximum Gasteiger partial charge on any atom is 0.255 e. The van der Waals surface area contributed by atoms with Crippen LogP contribution in [0.1, 0.15) is 43.0 Å². The number of nitrogens with one attached hydrogen (secondary N) is 1. The number of fused-ring (bicyclic) bond motifs is 2. The van der Waals surface area contributed by atoms with Crippen LogP contribution in [-0.2, 0) is 9.84 Å². The van der Waals surface area contributed by atoms with Crippen LogP contribution in [0.25, 0.3) is 0 Å². The molecule has 2 saturated heterocycles. The van der Waals surface area contributed by atoms with E-state index in [1.165, 1.54) is 6.42 Å². The normalized spacial score (nSPS) is 24.5. The Balaban J connectivity index is 1.88. The van der Waals surface area contributed by atoms with Crippen LogP contribution in [-0.4, -0.2) is 50.2 Å². The van der Waals surface area contributed by atoms with Gasteiger partial charge < -0.3 is 10.2 Å². The van der Waals surface area contributed by atoms with Crippen LogP contribution in [0, 0.1) is 0 Å². The summed E-state index contributed by atoms with van der Waals surface area (Å²) in [5, 5.41) is 3.54. The second-order valence-corrected chi connectivity index (χ2v) is 8.57. The smallest absolute Gasteiger partial charge is 0.255 e. The highest BCUT2D eigenvalue weighted by molar-refractivity contribution is 7.91. The maximum atomic E-state index is 12.9. The standard InChI is InChI=1S/C17H24N2O3S/c1-2-11-23(21,22)16-6-4-3-5-15(16)17(20)19-10-9-13-7-8-14(12-19)18-13/h3-6,13-14,18H,2,7-12H2,1H3. The van der Waals surface area contributed by atoms with Gasteiger partial charge in [-0.25, -0.2) is 8.42 Å². The number of rotatable bonds is 4. The molecule has 3 rings (SSSR count). The largest absolute Gasteiger partial charge is 0.337 e. The molecule has 6 heteroatoms. The fraction of sp³-hybridized carbons (Fsp3) is 0.588. The Morgan fingerprint density at radius 2 is 1.96 bits per heavy atom. The van der Waals surface area contributed by atoms with Crippen molar-refractivity contribution in [1.29, 1.82) is 0 Å². The summed E-state index contributed by atoms with van der Waals surface area (Å²) in [4.78, 5) is 14.9. The highest BCUT2D eigenvalue weighted by atomic mass is 32.2. The number of carbonyl (C=O) groups excluding carboxylic acids is 1. The molecule has 2 heterocycles. The zero-order valence-corrected chi connectivity index (χ0v) is 14.3. The Morgan fingerprint density at radius 3 is 2.74 bits per heavy atom. The Hall–Kier alpha value is -1.40. The number of sulfone groups is 1. The van der Waals surface area contributed by atoms with Gasteiger partial charge in [-0.2, -0.15) is 0 Å². The van der Waals surface area contributed by atoms with E-state index in [0.717, 1.165) is 12.8 Å². The monoisotopic (exact) mass is 336 g/mol. The van der Waals surface area contributed by atoms with Gasteiger partial charge in [-0.15, -0.1) is 0 Å². The summed E-state index contributed by atoms with van der Waals surface area (Å²) in [6.07, 6.45) is 3.74. The Kier molecular flexibility index (Phi) is 4.73. The molecule has 2 aliphatic heterocycles. The molecule has 2 atom stereocenters.